The predicted molar refractivity (Wildman–Crippen MR) is 86.3 cm³/mol. The van der Waals surface area contributed by atoms with Crippen LogP contribution in [0.1, 0.15) is 11.1 Å². The molecule has 21 heavy (non-hydrogen) atoms. The minimum atomic E-state index is -0.934. The third-order valence-electron chi connectivity index (χ3n) is 2.87. The Labute approximate surface area is 128 Å². The summed E-state index contributed by atoms with van der Waals surface area (Å²) in [7, 11) is 1.63. The lowest BCUT2D eigenvalue weighted by Gasteiger charge is -2.07. The predicted octanol–water partition coefficient (Wildman–Crippen LogP) is 4.05. The van der Waals surface area contributed by atoms with Crippen molar-refractivity contribution in [2.75, 3.05) is 7.11 Å². The number of aliphatic carboxylic acids is 1. The average molecular weight is 300 g/mol. The summed E-state index contributed by atoms with van der Waals surface area (Å²) in [4.78, 5) is 11.7. The normalized spacial score (nSPS) is 11.2. The standard InChI is InChI=1S/C17H16O3S/c1-20-15-9-7-13(8-10-15)12-21-16(11-17(18)19)14-5-3-2-4-6-14/h2-11H,12H2,1H3,(H,18,19)/b16-11+. The fourth-order valence-corrected chi connectivity index (χ4v) is 2.81. The second kappa shape index (κ2) is 7.55. The molecule has 0 aliphatic rings. The molecule has 108 valence electrons. The molecular formula is C17H16O3S. The minimum absolute atomic E-state index is 0.706. The van der Waals surface area contributed by atoms with Gasteiger partial charge in [-0.05, 0) is 23.3 Å². The van der Waals surface area contributed by atoms with Crippen LogP contribution in [0.5, 0.6) is 5.75 Å². The molecule has 0 bridgehead atoms. The van der Waals surface area contributed by atoms with Crippen molar-refractivity contribution in [2.45, 2.75) is 5.75 Å². The molecule has 0 unspecified atom stereocenters. The van der Waals surface area contributed by atoms with Gasteiger partial charge in [0.05, 0.1) is 7.11 Å². The molecule has 3 nitrogen and oxygen atoms in total. The van der Waals surface area contributed by atoms with Gasteiger partial charge in [0.25, 0.3) is 0 Å². The highest BCUT2D eigenvalue weighted by molar-refractivity contribution is 8.07. The quantitative estimate of drug-likeness (QED) is 0.817. The number of carbonyl (C=O) groups is 1. The lowest BCUT2D eigenvalue weighted by molar-refractivity contribution is -0.131. The fourth-order valence-electron chi connectivity index (χ4n) is 1.81. The van der Waals surface area contributed by atoms with Crippen LogP contribution in [0, 0.1) is 0 Å². The van der Waals surface area contributed by atoms with Gasteiger partial charge in [0.1, 0.15) is 5.75 Å². The van der Waals surface area contributed by atoms with Gasteiger partial charge in [-0.3, -0.25) is 0 Å². The Balaban J connectivity index is 2.11. The Hall–Kier alpha value is -2.20. The Kier molecular flexibility index (Phi) is 5.46. The largest absolute Gasteiger partial charge is 0.497 e. The Morgan fingerprint density at radius 2 is 1.81 bits per heavy atom. The van der Waals surface area contributed by atoms with Gasteiger partial charge in [0.2, 0.25) is 0 Å². The highest BCUT2D eigenvalue weighted by atomic mass is 32.2. The minimum Gasteiger partial charge on any atom is -0.497 e. The van der Waals surface area contributed by atoms with E-state index in [1.54, 1.807) is 7.11 Å². The number of carboxylic acids is 1. The van der Waals surface area contributed by atoms with E-state index in [9.17, 15) is 4.79 Å². The topological polar surface area (TPSA) is 46.5 Å². The van der Waals surface area contributed by atoms with E-state index in [4.69, 9.17) is 9.84 Å². The molecule has 2 aromatic carbocycles. The lowest BCUT2D eigenvalue weighted by atomic mass is 10.2. The smallest absolute Gasteiger partial charge is 0.329 e. The molecule has 0 aliphatic carbocycles. The number of rotatable bonds is 6. The summed E-state index contributed by atoms with van der Waals surface area (Å²) in [6.07, 6.45) is 1.25. The zero-order chi connectivity index (χ0) is 15.1. The number of hydrogen-bond donors (Lipinski definition) is 1. The second-order valence-corrected chi connectivity index (χ2v) is 5.37. The zero-order valence-electron chi connectivity index (χ0n) is 11.7. The molecule has 0 heterocycles. The van der Waals surface area contributed by atoms with Gasteiger partial charge in [-0.2, -0.15) is 0 Å². The molecule has 0 aliphatic heterocycles. The van der Waals surface area contributed by atoms with Gasteiger partial charge in [0, 0.05) is 16.7 Å². The lowest BCUT2D eigenvalue weighted by Crippen LogP contribution is -1.91. The number of thioether (sulfide) groups is 1. The van der Waals surface area contributed by atoms with Gasteiger partial charge in [-0.25, -0.2) is 4.79 Å². The first-order chi connectivity index (χ1) is 10.2. The SMILES string of the molecule is COc1ccc(CS/C(=C/C(=O)O)c2ccccc2)cc1. The molecule has 4 heteroatoms. The second-order valence-electron chi connectivity index (χ2n) is 4.35. The number of methoxy groups -OCH3 is 1. The van der Waals surface area contributed by atoms with Crippen molar-refractivity contribution < 1.29 is 14.6 Å². The van der Waals surface area contributed by atoms with Crippen LogP contribution in [0.2, 0.25) is 0 Å². The molecule has 0 fully saturated rings. The summed E-state index contributed by atoms with van der Waals surface area (Å²) in [5.41, 5.74) is 2.03. The maximum absolute atomic E-state index is 11.0. The van der Waals surface area contributed by atoms with Crippen molar-refractivity contribution in [3.63, 3.8) is 0 Å². The summed E-state index contributed by atoms with van der Waals surface area (Å²) >= 11 is 1.51. The first kappa shape index (κ1) is 15.2. The average Bonchev–Trinajstić information content (AvgIpc) is 2.52. The van der Waals surface area contributed by atoms with Crippen molar-refractivity contribution in [2.24, 2.45) is 0 Å². The number of hydrogen-bond acceptors (Lipinski definition) is 3. The van der Waals surface area contributed by atoms with Crippen LogP contribution in [-0.4, -0.2) is 18.2 Å². The van der Waals surface area contributed by atoms with E-state index in [0.29, 0.717) is 5.75 Å². The molecular weight excluding hydrogens is 284 g/mol. The van der Waals surface area contributed by atoms with E-state index in [2.05, 4.69) is 0 Å². The summed E-state index contributed by atoms with van der Waals surface area (Å²) in [5.74, 6) is 0.585. The van der Waals surface area contributed by atoms with E-state index >= 15 is 0 Å². The van der Waals surface area contributed by atoms with Crippen LogP contribution in [0.3, 0.4) is 0 Å². The first-order valence-electron chi connectivity index (χ1n) is 6.45. The summed E-state index contributed by atoms with van der Waals surface area (Å²) in [6, 6.07) is 17.3. The van der Waals surface area contributed by atoms with Crippen LogP contribution in [0.4, 0.5) is 0 Å². The van der Waals surface area contributed by atoms with E-state index in [0.717, 1.165) is 21.8 Å². The molecule has 0 atom stereocenters. The van der Waals surface area contributed by atoms with Crippen molar-refractivity contribution in [3.8, 4) is 5.75 Å². The van der Waals surface area contributed by atoms with Gasteiger partial charge in [0.15, 0.2) is 0 Å². The Morgan fingerprint density at radius 3 is 2.38 bits per heavy atom. The monoisotopic (exact) mass is 300 g/mol. The summed E-state index contributed by atoms with van der Waals surface area (Å²) < 4.78 is 5.12. The van der Waals surface area contributed by atoms with Crippen LogP contribution >= 0.6 is 11.8 Å². The highest BCUT2D eigenvalue weighted by Crippen LogP contribution is 2.30. The van der Waals surface area contributed by atoms with E-state index in [1.807, 2.05) is 54.6 Å². The maximum atomic E-state index is 11.0. The number of carboxylic acid groups (broad SMARTS) is 1. The van der Waals surface area contributed by atoms with E-state index < -0.39 is 5.97 Å². The molecule has 0 amide bonds. The molecule has 1 N–H and O–H groups in total. The molecule has 0 saturated heterocycles. The summed E-state index contributed by atoms with van der Waals surface area (Å²) in [6.45, 7) is 0. The fraction of sp³-hybridized carbons (Fsp3) is 0.118. The van der Waals surface area contributed by atoms with Crippen LogP contribution in [0.25, 0.3) is 4.91 Å². The van der Waals surface area contributed by atoms with Crippen LogP contribution < -0.4 is 4.74 Å². The molecule has 0 radical (unpaired) electrons. The van der Waals surface area contributed by atoms with Crippen molar-refractivity contribution >= 4 is 22.6 Å². The Morgan fingerprint density at radius 1 is 1.14 bits per heavy atom. The van der Waals surface area contributed by atoms with E-state index in [-0.39, 0.29) is 0 Å². The number of benzene rings is 2. The van der Waals surface area contributed by atoms with Gasteiger partial charge in [-0.1, -0.05) is 42.5 Å². The Bertz CT molecular complexity index is 618. The summed E-state index contributed by atoms with van der Waals surface area (Å²) in [5, 5.41) is 9.00. The third-order valence-corrected chi connectivity index (χ3v) is 4.01. The van der Waals surface area contributed by atoms with Crippen molar-refractivity contribution in [1.29, 1.82) is 0 Å². The van der Waals surface area contributed by atoms with Gasteiger partial charge in [-0.15, -0.1) is 11.8 Å². The van der Waals surface area contributed by atoms with E-state index in [1.165, 1.54) is 17.8 Å². The molecule has 0 saturated carbocycles. The molecule has 2 rings (SSSR count). The molecule has 2 aromatic rings. The van der Waals surface area contributed by atoms with Crippen LogP contribution in [-0.2, 0) is 10.5 Å². The number of ether oxygens (including phenoxy) is 1. The van der Waals surface area contributed by atoms with Crippen LogP contribution in [0.15, 0.2) is 60.7 Å². The first-order valence-corrected chi connectivity index (χ1v) is 7.43. The van der Waals surface area contributed by atoms with Gasteiger partial charge < -0.3 is 9.84 Å². The van der Waals surface area contributed by atoms with Gasteiger partial charge >= 0.3 is 5.97 Å². The van der Waals surface area contributed by atoms with Crippen molar-refractivity contribution in [1.82, 2.24) is 0 Å². The van der Waals surface area contributed by atoms with Crippen molar-refractivity contribution in [3.05, 3.63) is 71.8 Å². The third kappa shape index (κ3) is 4.68. The highest BCUT2D eigenvalue weighted by Gasteiger charge is 2.05. The molecule has 0 spiro atoms. The molecule has 0 aromatic heterocycles. The maximum Gasteiger partial charge on any atom is 0.329 e. The zero-order valence-corrected chi connectivity index (χ0v) is 12.5.